The van der Waals surface area contributed by atoms with E-state index < -0.39 is 10.5 Å². The number of amides is 1. The Bertz CT molecular complexity index is 685. The molecule has 0 aliphatic carbocycles. The van der Waals surface area contributed by atoms with Crippen molar-refractivity contribution in [3.8, 4) is 5.69 Å². The van der Waals surface area contributed by atoms with E-state index in [2.05, 4.69) is 10.4 Å². The smallest absolute Gasteiger partial charge is 0.269 e. The topological polar surface area (TPSA) is 116 Å². The van der Waals surface area contributed by atoms with E-state index in [1.165, 1.54) is 23.0 Å². The van der Waals surface area contributed by atoms with Crippen LogP contribution in [0.4, 0.5) is 5.69 Å². The van der Waals surface area contributed by atoms with E-state index in [0.29, 0.717) is 17.8 Å². The summed E-state index contributed by atoms with van der Waals surface area (Å²) < 4.78 is 1.48. The van der Waals surface area contributed by atoms with E-state index in [4.69, 9.17) is 5.73 Å². The molecule has 1 aromatic heterocycles. The predicted molar refractivity (Wildman–Crippen MR) is 80.8 cm³/mol. The third-order valence-corrected chi connectivity index (χ3v) is 2.87. The van der Waals surface area contributed by atoms with E-state index in [0.717, 1.165) is 0 Å². The quantitative estimate of drug-likeness (QED) is 0.637. The highest BCUT2D eigenvalue weighted by molar-refractivity contribution is 5.93. The number of rotatable bonds is 5. The van der Waals surface area contributed by atoms with Crippen LogP contribution in [0.25, 0.3) is 5.69 Å². The van der Waals surface area contributed by atoms with Gasteiger partial charge >= 0.3 is 0 Å². The fraction of sp³-hybridized carbons (Fsp3) is 0.286. The summed E-state index contributed by atoms with van der Waals surface area (Å²) in [6, 6.07) is 5.90. The number of benzene rings is 1. The van der Waals surface area contributed by atoms with Gasteiger partial charge < -0.3 is 11.1 Å². The minimum absolute atomic E-state index is 0.000880. The molecular weight excluding hydrogens is 286 g/mol. The molecule has 0 bridgehead atoms. The number of nitrogens with zero attached hydrogens (tertiary/aromatic N) is 3. The summed E-state index contributed by atoms with van der Waals surface area (Å²) in [5, 5.41) is 17.4. The molecule has 2 rings (SSSR count). The zero-order valence-electron chi connectivity index (χ0n) is 12.3. The SMILES string of the molecule is CC(C)(N)CNC(=O)c1cnn(-c2ccc([N+](=O)[O-])cc2)c1. The number of hydrogen-bond acceptors (Lipinski definition) is 5. The maximum absolute atomic E-state index is 12.0. The lowest BCUT2D eigenvalue weighted by atomic mass is 10.1. The van der Waals surface area contributed by atoms with Crippen molar-refractivity contribution < 1.29 is 9.72 Å². The molecule has 2 aromatic rings. The number of nitrogens with one attached hydrogen (secondary N) is 1. The van der Waals surface area contributed by atoms with E-state index in [-0.39, 0.29) is 11.6 Å². The average Bonchev–Trinajstić information content (AvgIpc) is 2.94. The number of nitro benzene ring substituents is 1. The maximum atomic E-state index is 12.0. The minimum atomic E-state index is -0.496. The van der Waals surface area contributed by atoms with Crippen LogP contribution in [0.1, 0.15) is 24.2 Å². The molecule has 3 N–H and O–H groups in total. The Hall–Kier alpha value is -2.74. The van der Waals surface area contributed by atoms with Crippen molar-refractivity contribution in [1.82, 2.24) is 15.1 Å². The van der Waals surface area contributed by atoms with E-state index in [1.54, 1.807) is 18.3 Å². The van der Waals surface area contributed by atoms with Crippen molar-refractivity contribution >= 4 is 11.6 Å². The second-order valence-corrected chi connectivity index (χ2v) is 5.62. The first kappa shape index (κ1) is 15.6. The van der Waals surface area contributed by atoms with Gasteiger partial charge in [0.05, 0.1) is 22.4 Å². The van der Waals surface area contributed by atoms with Gasteiger partial charge in [0.1, 0.15) is 0 Å². The number of carbonyl (C=O) groups excluding carboxylic acids is 1. The molecule has 116 valence electrons. The normalized spacial score (nSPS) is 11.2. The lowest BCUT2D eigenvalue weighted by Gasteiger charge is -2.18. The third kappa shape index (κ3) is 3.89. The fourth-order valence-electron chi connectivity index (χ4n) is 1.72. The number of nitro groups is 1. The van der Waals surface area contributed by atoms with Crippen LogP contribution in [-0.2, 0) is 0 Å². The second-order valence-electron chi connectivity index (χ2n) is 5.62. The van der Waals surface area contributed by atoms with Gasteiger partial charge in [-0.3, -0.25) is 14.9 Å². The summed E-state index contributed by atoms with van der Waals surface area (Å²) in [4.78, 5) is 22.1. The third-order valence-electron chi connectivity index (χ3n) is 2.87. The van der Waals surface area contributed by atoms with Crippen LogP contribution in [0.2, 0.25) is 0 Å². The van der Waals surface area contributed by atoms with Crippen LogP contribution in [0.5, 0.6) is 0 Å². The van der Waals surface area contributed by atoms with Gasteiger partial charge in [-0.15, -0.1) is 0 Å². The fourth-order valence-corrected chi connectivity index (χ4v) is 1.72. The van der Waals surface area contributed by atoms with Crippen LogP contribution in [-0.4, -0.2) is 32.7 Å². The Morgan fingerprint density at radius 3 is 2.59 bits per heavy atom. The van der Waals surface area contributed by atoms with Gasteiger partial charge in [0.2, 0.25) is 0 Å². The molecule has 0 saturated heterocycles. The van der Waals surface area contributed by atoms with Gasteiger partial charge in [-0.25, -0.2) is 4.68 Å². The van der Waals surface area contributed by atoms with Gasteiger partial charge in [-0.2, -0.15) is 5.10 Å². The van der Waals surface area contributed by atoms with Crippen molar-refractivity contribution in [3.05, 3.63) is 52.3 Å². The van der Waals surface area contributed by atoms with Gasteiger partial charge in [0.25, 0.3) is 11.6 Å². The molecule has 0 saturated carbocycles. The predicted octanol–water partition coefficient (Wildman–Crippen LogP) is 1.25. The van der Waals surface area contributed by atoms with E-state index in [9.17, 15) is 14.9 Å². The number of hydrogen-bond donors (Lipinski definition) is 2. The molecule has 0 unspecified atom stereocenters. The first-order valence-electron chi connectivity index (χ1n) is 6.63. The summed E-state index contributed by atoms with van der Waals surface area (Å²) in [6.07, 6.45) is 2.99. The molecule has 22 heavy (non-hydrogen) atoms. The van der Waals surface area contributed by atoms with Crippen molar-refractivity contribution in [3.63, 3.8) is 0 Å². The molecule has 1 aromatic carbocycles. The molecule has 0 aliphatic rings. The van der Waals surface area contributed by atoms with Crippen molar-refractivity contribution in [1.29, 1.82) is 0 Å². The highest BCUT2D eigenvalue weighted by atomic mass is 16.6. The van der Waals surface area contributed by atoms with Crippen LogP contribution in [0.15, 0.2) is 36.7 Å². The Morgan fingerprint density at radius 2 is 2.05 bits per heavy atom. The van der Waals surface area contributed by atoms with Gasteiger partial charge in [-0.05, 0) is 26.0 Å². The molecular formula is C14H17N5O3. The van der Waals surface area contributed by atoms with Crippen molar-refractivity contribution in [2.75, 3.05) is 6.54 Å². The number of aromatic nitrogens is 2. The van der Waals surface area contributed by atoms with Crippen LogP contribution < -0.4 is 11.1 Å². The first-order chi connectivity index (χ1) is 10.3. The Morgan fingerprint density at radius 1 is 1.41 bits per heavy atom. The van der Waals surface area contributed by atoms with Gasteiger partial charge in [-0.1, -0.05) is 0 Å². The maximum Gasteiger partial charge on any atom is 0.269 e. The summed E-state index contributed by atoms with van der Waals surface area (Å²) in [7, 11) is 0. The monoisotopic (exact) mass is 303 g/mol. The minimum Gasteiger partial charge on any atom is -0.350 e. The Labute approximate surface area is 127 Å². The van der Waals surface area contributed by atoms with Gasteiger partial charge in [0, 0.05) is 30.4 Å². The zero-order chi connectivity index (χ0) is 16.3. The van der Waals surface area contributed by atoms with Gasteiger partial charge in [0.15, 0.2) is 0 Å². The second kappa shape index (κ2) is 5.94. The van der Waals surface area contributed by atoms with Crippen LogP contribution in [0.3, 0.4) is 0 Å². The lowest BCUT2D eigenvalue weighted by molar-refractivity contribution is -0.384. The summed E-state index contributed by atoms with van der Waals surface area (Å²) in [5.74, 6) is -0.272. The van der Waals surface area contributed by atoms with Crippen LogP contribution in [0, 0.1) is 10.1 Å². The highest BCUT2D eigenvalue weighted by Gasteiger charge is 2.15. The molecule has 0 fully saturated rings. The number of nitrogens with two attached hydrogens (primary N) is 1. The lowest BCUT2D eigenvalue weighted by Crippen LogP contribution is -2.45. The average molecular weight is 303 g/mol. The molecule has 1 amide bonds. The molecule has 8 nitrogen and oxygen atoms in total. The van der Waals surface area contributed by atoms with E-state index in [1.807, 2.05) is 13.8 Å². The highest BCUT2D eigenvalue weighted by Crippen LogP contribution is 2.15. The molecule has 0 spiro atoms. The first-order valence-corrected chi connectivity index (χ1v) is 6.63. The molecule has 0 aliphatic heterocycles. The molecule has 1 heterocycles. The largest absolute Gasteiger partial charge is 0.350 e. The number of carbonyl (C=O) groups is 1. The Kier molecular flexibility index (Phi) is 4.22. The molecule has 8 heteroatoms. The van der Waals surface area contributed by atoms with Crippen LogP contribution >= 0.6 is 0 Å². The zero-order valence-corrected chi connectivity index (χ0v) is 12.3. The number of non-ortho nitro benzene ring substituents is 1. The van der Waals surface area contributed by atoms with E-state index >= 15 is 0 Å². The van der Waals surface area contributed by atoms with Crippen molar-refractivity contribution in [2.24, 2.45) is 5.73 Å². The Balaban J connectivity index is 2.10. The van der Waals surface area contributed by atoms with Crippen molar-refractivity contribution in [2.45, 2.75) is 19.4 Å². The summed E-state index contributed by atoms with van der Waals surface area (Å²) in [6.45, 7) is 3.97. The summed E-state index contributed by atoms with van der Waals surface area (Å²) in [5.41, 5.74) is 6.33. The standard InChI is InChI=1S/C14H17N5O3/c1-14(2,15)9-16-13(20)10-7-17-18(8-10)11-3-5-12(6-4-11)19(21)22/h3-8H,9,15H2,1-2H3,(H,16,20). The molecule has 0 atom stereocenters. The molecule has 0 radical (unpaired) electrons. The summed E-state index contributed by atoms with van der Waals surface area (Å²) >= 11 is 0.